The molecule has 1 N–H and O–H groups in total. The van der Waals surface area contributed by atoms with E-state index in [-0.39, 0.29) is 18.9 Å². The molecule has 8 nitrogen and oxygen atoms in total. The third-order valence-corrected chi connectivity index (χ3v) is 7.96. The average Bonchev–Trinajstić information content (AvgIpc) is 2.94. The van der Waals surface area contributed by atoms with E-state index in [1.165, 1.54) is 4.90 Å². The van der Waals surface area contributed by atoms with Gasteiger partial charge < -0.3 is 15.0 Å². The summed E-state index contributed by atoms with van der Waals surface area (Å²) in [7, 11) is -2.26. The number of benzene rings is 3. The molecule has 3 aromatic rings. The van der Waals surface area contributed by atoms with Crippen LogP contribution in [-0.4, -0.2) is 57.6 Å². The molecule has 3 rings (SSSR count). The SMILES string of the molecule is CCCNC(=O)[C@@H](Cc1ccccc1)N(Cc1cccc(OC)c1)C(=O)CN(c1cccc(C)c1C)S(C)(=O)=O. The van der Waals surface area contributed by atoms with Crippen molar-refractivity contribution in [1.29, 1.82) is 0 Å². The molecule has 0 heterocycles. The number of nitrogens with zero attached hydrogens (tertiary/aromatic N) is 2. The molecular formula is C31H39N3O5S. The van der Waals surface area contributed by atoms with E-state index in [4.69, 9.17) is 4.74 Å². The van der Waals surface area contributed by atoms with E-state index in [1.54, 1.807) is 25.3 Å². The van der Waals surface area contributed by atoms with E-state index in [0.717, 1.165) is 39.2 Å². The molecule has 0 unspecified atom stereocenters. The lowest BCUT2D eigenvalue weighted by Crippen LogP contribution is -2.53. The minimum atomic E-state index is -3.82. The highest BCUT2D eigenvalue weighted by atomic mass is 32.2. The van der Waals surface area contributed by atoms with Gasteiger partial charge in [-0.05, 0) is 60.7 Å². The Labute approximate surface area is 238 Å². The first-order valence-corrected chi connectivity index (χ1v) is 15.2. The summed E-state index contributed by atoms with van der Waals surface area (Å²) in [6.07, 6.45) is 2.10. The van der Waals surface area contributed by atoms with Gasteiger partial charge in [-0.1, -0.05) is 61.5 Å². The van der Waals surface area contributed by atoms with Crippen LogP contribution >= 0.6 is 0 Å². The Balaban J connectivity index is 2.08. The van der Waals surface area contributed by atoms with E-state index in [2.05, 4.69) is 5.32 Å². The molecule has 0 radical (unpaired) electrons. The Morgan fingerprint density at radius 1 is 0.950 bits per heavy atom. The van der Waals surface area contributed by atoms with Gasteiger partial charge in [-0.25, -0.2) is 8.42 Å². The number of rotatable bonds is 13. The average molecular weight is 566 g/mol. The van der Waals surface area contributed by atoms with Gasteiger partial charge in [0.05, 0.1) is 19.1 Å². The highest BCUT2D eigenvalue weighted by molar-refractivity contribution is 7.92. The topological polar surface area (TPSA) is 96.0 Å². The predicted octanol–water partition coefficient (Wildman–Crippen LogP) is 4.24. The fourth-order valence-corrected chi connectivity index (χ4v) is 5.39. The Hall–Kier alpha value is -3.85. The molecule has 40 heavy (non-hydrogen) atoms. The zero-order valence-electron chi connectivity index (χ0n) is 23.9. The molecule has 9 heteroatoms. The fourth-order valence-electron chi connectivity index (χ4n) is 4.49. The first-order chi connectivity index (χ1) is 19.0. The Morgan fingerprint density at radius 2 is 1.62 bits per heavy atom. The first kappa shape index (κ1) is 30.7. The number of ether oxygens (including phenoxy) is 1. The second-order valence-electron chi connectivity index (χ2n) is 9.86. The Morgan fingerprint density at radius 3 is 2.27 bits per heavy atom. The van der Waals surface area contributed by atoms with Crippen molar-refractivity contribution in [3.63, 3.8) is 0 Å². The number of aryl methyl sites for hydroxylation is 1. The molecule has 0 fully saturated rings. The number of nitrogens with one attached hydrogen (secondary N) is 1. The smallest absolute Gasteiger partial charge is 0.244 e. The van der Waals surface area contributed by atoms with Crippen LogP contribution in [0.5, 0.6) is 5.75 Å². The van der Waals surface area contributed by atoms with Crippen molar-refractivity contribution in [3.8, 4) is 5.75 Å². The van der Waals surface area contributed by atoms with E-state index in [0.29, 0.717) is 18.0 Å². The van der Waals surface area contributed by atoms with Gasteiger partial charge in [0.1, 0.15) is 18.3 Å². The molecule has 0 aromatic heterocycles. The Kier molecular flexibility index (Phi) is 10.7. The molecule has 2 amide bonds. The largest absolute Gasteiger partial charge is 0.497 e. The molecule has 0 saturated carbocycles. The molecule has 0 bridgehead atoms. The molecule has 1 atom stereocenters. The van der Waals surface area contributed by atoms with Crippen LogP contribution in [0.3, 0.4) is 0 Å². The lowest BCUT2D eigenvalue weighted by molar-refractivity contribution is -0.140. The normalized spacial score (nSPS) is 11.9. The molecule has 0 spiro atoms. The maximum Gasteiger partial charge on any atom is 0.244 e. The van der Waals surface area contributed by atoms with Crippen molar-refractivity contribution in [2.75, 3.05) is 30.8 Å². The first-order valence-electron chi connectivity index (χ1n) is 13.3. The zero-order valence-corrected chi connectivity index (χ0v) is 24.7. The standard InChI is InChI=1S/C31H39N3O5S/c1-6-18-32-31(36)29(20-25-13-8-7-9-14-25)33(21-26-15-11-16-27(19-26)39-4)30(35)22-34(40(5,37)38)28-17-10-12-23(2)24(28)3/h7-17,19,29H,6,18,20-22H2,1-5H3,(H,32,36)/t29-/m1/s1. The molecule has 0 aliphatic heterocycles. The van der Waals surface area contributed by atoms with Crippen molar-refractivity contribution >= 4 is 27.5 Å². The van der Waals surface area contributed by atoms with Crippen molar-refractivity contribution in [1.82, 2.24) is 10.2 Å². The minimum absolute atomic E-state index is 0.0947. The number of hydrogen-bond donors (Lipinski definition) is 1. The molecular weight excluding hydrogens is 526 g/mol. The highest BCUT2D eigenvalue weighted by Gasteiger charge is 2.33. The number of carbonyl (C=O) groups is 2. The maximum absolute atomic E-state index is 14.1. The number of sulfonamides is 1. The number of carbonyl (C=O) groups excluding carboxylic acids is 2. The third-order valence-electron chi connectivity index (χ3n) is 6.83. The van der Waals surface area contributed by atoms with E-state index >= 15 is 0 Å². The zero-order chi connectivity index (χ0) is 29.3. The van der Waals surface area contributed by atoms with Crippen LogP contribution in [0.4, 0.5) is 5.69 Å². The highest BCUT2D eigenvalue weighted by Crippen LogP contribution is 2.26. The molecule has 0 aliphatic carbocycles. The van der Waals surface area contributed by atoms with Gasteiger partial charge in [0.2, 0.25) is 21.8 Å². The summed E-state index contributed by atoms with van der Waals surface area (Å²) >= 11 is 0. The monoisotopic (exact) mass is 565 g/mol. The molecule has 3 aromatic carbocycles. The van der Waals surface area contributed by atoms with Crippen molar-refractivity contribution < 1.29 is 22.7 Å². The van der Waals surface area contributed by atoms with Gasteiger partial charge in [0.25, 0.3) is 0 Å². The van der Waals surface area contributed by atoms with Crippen molar-refractivity contribution in [3.05, 3.63) is 95.1 Å². The second kappa shape index (κ2) is 14.0. The van der Waals surface area contributed by atoms with Crippen LogP contribution in [0.2, 0.25) is 0 Å². The van der Waals surface area contributed by atoms with Gasteiger partial charge in [-0.2, -0.15) is 0 Å². The maximum atomic E-state index is 14.1. The summed E-state index contributed by atoms with van der Waals surface area (Å²) in [5.41, 5.74) is 3.75. The van der Waals surface area contributed by atoms with Gasteiger partial charge >= 0.3 is 0 Å². The summed E-state index contributed by atoms with van der Waals surface area (Å²) in [6.45, 7) is 5.79. The molecule has 0 aliphatic rings. The predicted molar refractivity (Wildman–Crippen MR) is 159 cm³/mol. The Bertz CT molecular complexity index is 1410. The van der Waals surface area contributed by atoms with Crippen LogP contribution in [-0.2, 0) is 32.6 Å². The van der Waals surface area contributed by atoms with Crippen LogP contribution < -0.4 is 14.4 Å². The molecule has 0 saturated heterocycles. The number of methoxy groups -OCH3 is 1. The van der Waals surface area contributed by atoms with E-state index < -0.39 is 28.5 Å². The summed E-state index contributed by atoms with van der Waals surface area (Å²) < 4.78 is 32.5. The van der Waals surface area contributed by atoms with Gasteiger partial charge in [0.15, 0.2) is 0 Å². The third kappa shape index (κ3) is 8.08. The summed E-state index contributed by atoms with van der Waals surface area (Å²) in [5, 5.41) is 2.94. The van der Waals surface area contributed by atoms with Gasteiger partial charge in [-0.3, -0.25) is 13.9 Å². The van der Waals surface area contributed by atoms with Crippen molar-refractivity contribution in [2.45, 2.75) is 46.2 Å². The van der Waals surface area contributed by atoms with Crippen LogP contribution in [0.15, 0.2) is 72.8 Å². The number of hydrogen-bond acceptors (Lipinski definition) is 5. The minimum Gasteiger partial charge on any atom is -0.497 e. The van der Waals surface area contributed by atoms with Crippen LogP contribution in [0.1, 0.15) is 35.6 Å². The summed E-state index contributed by atoms with van der Waals surface area (Å²) in [4.78, 5) is 29.2. The fraction of sp³-hybridized carbons (Fsp3) is 0.355. The lowest BCUT2D eigenvalue weighted by Gasteiger charge is -2.34. The van der Waals surface area contributed by atoms with Crippen molar-refractivity contribution in [2.24, 2.45) is 0 Å². The van der Waals surface area contributed by atoms with Crippen LogP contribution in [0.25, 0.3) is 0 Å². The molecule has 214 valence electrons. The van der Waals surface area contributed by atoms with E-state index in [9.17, 15) is 18.0 Å². The quantitative estimate of drug-likeness (QED) is 0.334. The van der Waals surface area contributed by atoms with Gasteiger partial charge in [0, 0.05) is 19.5 Å². The number of amides is 2. The van der Waals surface area contributed by atoms with Crippen LogP contribution in [0, 0.1) is 13.8 Å². The van der Waals surface area contributed by atoms with Gasteiger partial charge in [-0.15, -0.1) is 0 Å². The summed E-state index contributed by atoms with van der Waals surface area (Å²) in [6, 6.07) is 21.3. The number of anilines is 1. The van der Waals surface area contributed by atoms with E-state index in [1.807, 2.05) is 75.4 Å². The lowest BCUT2D eigenvalue weighted by atomic mass is 10.0. The second-order valence-corrected chi connectivity index (χ2v) is 11.8. The summed E-state index contributed by atoms with van der Waals surface area (Å²) in [5.74, 6) is -0.158.